The summed E-state index contributed by atoms with van der Waals surface area (Å²) in [6.07, 6.45) is 9.25. The lowest BCUT2D eigenvalue weighted by molar-refractivity contribution is -0.174. The van der Waals surface area contributed by atoms with E-state index in [1.165, 1.54) is 25.7 Å². The van der Waals surface area contributed by atoms with Crippen LogP contribution in [-0.4, -0.2) is 44.3 Å². The number of rotatable bonds is 5. The van der Waals surface area contributed by atoms with Gasteiger partial charge in [-0.05, 0) is 124 Å². The molecular formula is C27H48O4. The molecule has 0 heterocycles. The first-order valence-corrected chi connectivity index (χ1v) is 13.1. The molecule has 4 nitrogen and oxygen atoms in total. The van der Waals surface area contributed by atoms with Crippen molar-refractivity contribution in [1.82, 2.24) is 0 Å². The highest BCUT2D eigenvalue weighted by atomic mass is 16.3. The molecule has 0 bridgehead atoms. The second-order valence-electron chi connectivity index (χ2n) is 13.2. The fourth-order valence-electron chi connectivity index (χ4n) is 9.15. The first kappa shape index (κ1) is 24.0. The number of hydrogen-bond donors (Lipinski definition) is 4. The maximum atomic E-state index is 11.4. The lowest BCUT2D eigenvalue weighted by Gasteiger charge is -2.62. The molecule has 4 fully saturated rings. The highest BCUT2D eigenvalue weighted by Crippen LogP contribution is 2.68. The first-order chi connectivity index (χ1) is 14.4. The average molecular weight is 437 g/mol. The molecule has 0 aromatic carbocycles. The average Bonchev–Trinajstić information content (AvgIpc) is 3.03. The van der Waals surface area contributed by atoms with Crippen molar-refractivity contribution < 1.29 is 20.4 Å². The van der Waals surface area contributed by atoms with E-state index in [1.807, 2.05) is 0 Å². The number of aliphatic hydroxyl groups is 4. The highest BCUT2D eigenvalue weighted by Gasteiger charge is 2.62. The molecule has 0 aliphatic heterocycles. The molecule has 11 atom stereocenters. The Kier molecular flexibility index (Phi) is 6.38. The standard InChI is InChI=1S/C27H48O4/c1-16(6-9-23(30)25(2,3)31)19-7-8-20-24-21(11-13-27(19,20)5)26(4)12-10-18(28)14-17(26)15-22(24)29/h16-24,28-31H,6-15H2,1-5H3/t16-,17+,18-,19-,20+,21+,22-,23+,24+,26+,27-/m1/s1. The highest BCUT2D eigenvalue weighted by molar-refractivity contribution is 5.11. The summed E-state index contributed by atoms with van der Waals surface area (Å²) in [6.45, 7) is 10.7. The van der Waals surface area contributed by atoms with Gasteiger partial charge in [0, 0.05) is 0 Å². The second kappa shape index (κ2) is 8.25. The molecule has 4 saturated carbocycles. The summed E-state index contributed by atoms with van der Waals surface area (Å²) in [7, 11) is 0. The smallest absolute Gasteiger partial charge is 0.0849 e. The summed E-state index contributed by atoms with van der Waals surface area (Å²) in [5, 5.41) is 42.0. The molecule has 0 aromatic heterocycles. The van der Waals surface area contributed by atoms with Crippen LogP contribution in [-0.2, 0) is 0 Å². The SMILES string of the molecule is C[C@H](CC[C@H](O)C(C)(C)O)[C@H]1CC[C@H]2[C@@H]3[C@H](O)C[C@@H]4C[C@H](O)CC[C@]4(C)[C@H]3CC[C@]12C. The maximum Gasteiger partial charge on any atom is 0.0849 e. The van der Waals surface area contributed by atoms with Crippen LogP contribution in [0.1, 0.15) is 98.8 Å². The molecule has 0 amide bonds. The van der Waals surface area contributed by atoms with E-state index < -0.39 is 11.7 Å². The Balaban J connectivity index is 1.49. The predicted octanol–water partition coefficient (Wildman–Crippen LogP) is 4.53. The van der Waals surface area contributed by atoms with Crippen LogP contribution >= 0.6 is 0 Å². The Morgan fingerprint density at radius 1 is 0.903 bits per heavy atom. The van der Waals surface area contributed by atoms with E-state index in [1.54, 1.807) is 13.8 Å². The van der Waals surface area contributed by atoms with Crippen molar-refractivity contribution in [2.24, 2.45) is 46.3 Å². The van der Waals surface area contributed by atoms with E-state index in [0.29, 0.717) is 41.9 Å². The van der Waals surface area contributed by atoms with E-state index in [2.05, 4.69) is 20.8 Å². The van der Waals surface area contributed by atoms with Crippen LogP contribution in [0.5, 0.6) is 0 Å². The first-order valence-electron chi connectivity index (χ1n) is 13.1. The quantitative estimate of drug-likeness (QED) is 0.511. The van der Waals surface area contributed by atoms with Crippen LogP contribution < -0.4 is 0 Å². The van der Waals surface area contributed by atoms with Gasteiger partial charge in [0.2, 0.25) is 0 Å². The van der Waals surface area contributed by atoms with Gasteiger partial charge in [-0.15, -0.1) is 0 Å². The van der Waals surface area contributed by atoms with Gasteiger partial charge < -0.3 is 20.4 Å². The molecule has 0 spiro atoms. The summed E-state index contributed by atoms with van der Waals surface area (Å²) >= 11 is 0. The molecule has 0 radical (unpaired) electrons. The minimum absolute atomic E-state index is 0.174. The summed E-state index contributed by atoms with van der Waals surface area (Å²) in [4.78, 5) is 0. The Bertz CT molecular complexity index is 644. The zero-order chi connectivity index (χ0) is 22.8. The van der Waals surface area contributed by atoms with Crippen molar-refractivity contribution in [3.63, 3.8) is 0 Å². The molecular weight excluding hydrogens is 388 g/mol. The van der Waals surface area contributed by atoms with Gasteiger partial charge in [-0.25, -0.2) is 0 Å². The molecule has 31 heavy (non-hydrogen) atoms. The number of hydrogen-bond acceptors (Lipinski definition) is 4. The summed E-state index contributed by atoms with van der Waals surface area (Å²) in [5.74, 6) is 3.23. The van der Waals surface area contributed by atoms with Crippen molar-refractivity contribution in [3.05, 3.63) is 0 Å². The minimum Gasteiger partial charge on any atom is -0.393 e. The van der Waals surface area contributed by atoms with Crippen molar-refractivity contribution in [3.8, 4) is 0 Å². The zero-order valence-corrected chi connectivity index (χ0v) is 20.6. The van der Waals surface area contributed by atoms with Gasteiger partial charge in [0.15, 0.2) is 0 Å². The molecule has 4 heteroatoms. The Morgan fingerprint density at radius 3 is 2.23 bits per heavy atom. The topological polar surface area (TPSA) is 80.9 Å². The fourth-order valence-corrected chi connectivity index (χ4v) is 9.15. The third kappa shape index (κ3) is 4.02. The van der Waals surface area contributed by atoms with Gasteiger partial charge in [-0.3, -0.25) is 0 Å². The molecule has 0 aromatic rings. The Hall–Kier alpha value is -0.160. The number of fused-ring (bicyclic) bond motifs is 5. The second-order valence-corrected chi connectivity index (χ2v) is 13.2. The van der Waals surface area contributed by atoms with Gasteiger partial charge in [0.05, 0.1) is 23.9 Å². The summed E-state index contributed by atoms with van der Waals surface area (Å²) in [6, 6.07) is 0. The molecule has 4 rings (SSSR count). The maximum absolute atomic E-state index is 11.4. The summed E-state index contributed by atoms with van der Waals surface area (Å²) in [5.41, 5.74) is -0.477. The predicted molar refractivity (Wildman–Crippen MR) is 123 cm³/mol. The monoisotopic (exact) mass is 436 g/mol. The molecule has 4 aliphatic rings. The Morgan fingerprint density at radius 2 is 1.55 bits per heavy atom. The van der Waals surface area contributed by atoms with Crippen LogP contribution in [0.15, 0.2) is 0 Å². The molecule has 0 saturated heterocycles. The molecule has 4 aliphatic carbocycles. The largest absolute Gasteiger partial charge is 0.393 e. The van der Waals surface area contributed by atoms with Gasteiger partial charge in [0.25, 0.3) is 0 Å². The van der Waals surface area contributed by atoms with E-state index in [9.17, 15) is 20.4 Å². The van der Waals surface area contributed by atoms with Gasteiger partial charge in [-0.1, -0.05) is 20.8 Å². The van der Waals surface area contributed by atoms with Crippen LogP contribution in [0, 0.1) is 46.3 Å². The molecule has 0 unspecified atom stereocenters. The van der Waals surface area contributed by atoms with E-state index in [4.69, 9.17) is 0 Å². The van der Waals surface area contributed by atoms with Crippen molar-refractivity contribution >= 4 is 0 Å². The third-order valence-electron chi connectivity index (χ3n) is 11.1. The van der Waals surface area contributed by atoms with Gasteiger partial charge >= 0.3 is 0 Å². The lowest BCUT2D eigenvalue weighted by Crippen LogP contribution is -2.58. The third-order valence-corrected chi connectivity index (χ3v) is 11.1. The zero-order valence-electron chi connectivity index (χ0n) is 20.6. The van der Waals surface area contributed by atoms with Crippen molar-refractivity contribution in [1.29, 1.82) is 0 Å². The Labute approximate surface area is 189 Å². The van der Waals surface area contributed by atoms with E-state index in [-0.39, 0.29) is 23.0 Å². The lowest BCUT2D eigenvalue weighted by atomic mass is 9.43. The normalized spacial score (nSPS) is 49.6. The molecule has 180 valence electrons. The van der Waals surface area contributed by atoms with E-state index in [0.717, 1.165) is 32.1 Å². The number of aliphatic hydroxyl groups excluding tert-OH is 3. The minimum atomic E-state index is -1.04. The van der Waals surface area contributed by atoms with Crippen LogP contribution in [0.25, 0.3) is 0 Å². The van der Waals surface area contributed by atoms with Crippen LogP contribution in [0.2, 0.25) is 0 Å². The van der Waals surface area contributed by atoms with Gasteiger partial charge in [0.1, 0.15) is 0 Å². The summed E-state index contributed by atoms with van der Waals surface area (Å²) < 4.78 is 0. The van der Waals surface area contributed by atoms with Crippen LogP contribution in [0.4, 0.5) is 0 Å². The van der Waals surface area contributed by atoms with Crippen LogP contribution in [0.3, 0.4) is 0 Å². The fraction of sp³-hybridized carbons (Fsp3) is 1.00. The van der Waals surface area contributed by atoms with Gasteiger partial charge in [-0.2, -0.15) is 0 Å². The van der Waals surface area contributed by atoms with Crippen molar-refractivity contribution in [2.75, 3.05) is 0 Å². The van der Waals surface area contributed by atoms with E-state index >= 15 is 0 Å². The molecule has 4 N–H and O–H groups in total. The van der Waals surface area contributed by atoms with Crippen molar-refractivity contribution in [2.45, 2.75) is 123 Å².